The highest BCUT2D eigenvalue weighted by molar-refractivity contribution is 6.04. The minimum absolute atomic E-state index is 0.323. The van der Waals surface area contributed by atoms with Crippen LogP contribution < -0.4 is 5.32 Å². The molecule has 0 fully saturated rings. The van der Waals surface area contributed by atoms with Crippen molar-refractivity contribution in [2.45, 2.75) is 34.2 Å². The second-order valence-corrected chi connectivity index (χ2v) is 4.28. The van der Waals surface area contributed by atoms with Crippen LogP contribution in [0.15, 0.2) is 0 Å². The van der Waals surface area contributed by atoms with Crippen LogP contribution in [0.1, 0.15) is 36.8 Å². The molecule has 1 N–H and O–H groups in total. The lowest BCUT2D eigenvalue weighted by atomic mass is 10.1. The molecular formula is C13H19N5O2. The van der Waals surface area contributed by atoms with E-state index in [0.29, 0.717) is 47.8 Å². The lowest BCUT2D eigenvalue weighted by molar-refractivity contribution is 0.0526. The first kappa shape index (κ1) is 14.2. The Bertz CT molecular complexity index is 635. The van der Waals surface area contributed by atoms with Crippen LogP contribution in [-0.2, 0) is 11.3 Å². The van der Waals surface area contributed by atoms with E-state index in [1.165, 1.54) is 0 Å². The number of fused-ring (bicyclic) bond motifs is 1. The Labute approximate surface area is 117 Å². The van der Waals surface area contributed by atoms with E-state index in [-0.39, 0.29) is 5.97 Å². The zero-order valence-corrected chi connectivity index (χ0v) is 12.2. The summed E-state index contributed by atoms with van der Waals surface area (Å²) in [5.41, 5.74) is 2.97. The van der Waals surface area contributed by atoms with Crippen molar-refractivity contribution in [3.63, 3.8) is 0 Å². The van der Waals surface area contributed by atoms with E-state index in [1.807, 2.05) is 13.8 Å². The predicted molar refractivity (Wildman–Crippen MR) is 75.9 cm³/mol. The molecule has 0 bridgehead atoms. The lowest BCUT2D eigenvalue weighted by Gasteiger charge is -2.12. The number of nitrogens with one attached hydrogen (secondary N) is 1. The maximum Gasteiger partial charge on any atom is 0.342 e. The molecule has 0 unspecified atom stereocenters. The zero-order valence-electron chi connectivity index (χ0n) is 12.2. The van der Waals surface area contributed by atoms with Gasteiger partial charge in [-0.05, 0) is 27.7 Å². The SMILES string of the molecule is CCNc1c(C(=O)OCC)c(C)nc2c1nnn2CC. The Balaban J connectivity index is 2.70. The second-order valence-electron chi connectivity index (χ2n) is 4.28. The molecule has 0 aliphatic heterocycles. The number of rotatable bonds is 5. The summed E-state index contributed by atoms with van der Waals surface area (Å²) in [6.07, 6.45) is 0. The molecule has 108 valence electrons. The monoisotopic (exact) mass is 277 g/mol. The van der Waals surface area contributed by atoms with Crippen molar-refractivity contribution in [2.75, 3.05) is 18.5 Å². The van der Waals surface area contributed by atoms with Gasteiger partial charge in [0, 0.05) is 13.1 Å². The highest BCUT2D eigenvalue weighted by atomic mass is 16.5. The molecule has 0 saturated carbocycles. The fourth-order valence-corrected chi connectivity index (χ4v) is 2.11. The minimum atomic E-state index is -0.388. The molecule has 2 heterocycles. The van der Waals surface area contributed by atoms with Gasteiger partial charge in [-0.3, -0.25) is 0 Å². The average molecular weight is 277 g/mol. The van der Waals surface area contributed by atoms with Gasteiger partial charge in [0.2, 0.25) is 0 Å². The number of hydrogen-bond donors (Lipinski definition) is 1. The van der Waals surface area contributed by atoms with Gasteiger partial charge in [-0.1, -0.05) is 5.21 Å². The number of carbonyl (C=O) groups is 1. The normalized spacial score (nSPS) is 10.8. The largest absolute Gasteiger partial charge is 0.462 e. The third kappa shape index (κ3) is 2.31. The van der Waals surface area contributed by atoms with Gasteiger partial charge in [-0.15, -0.1) is 5.10 Å². The lowest BCUT2D eigenvalue weighted by Crippen LogP contribution is -2.13. The van der Waals surface area contributed by atoms with Crippen molar-refractivity contribution >= 4 is 22.8 Å². The Morgan fingerprint density at radius 1 is 1.35 bits per heavy atom. The number of aromatic nitrogens is 4. The Morgan fingerprint density at radius 3 is 2.70 bits per heavy atom. The number of pyridine rings is 1. The van der Waals surface area contributed by atoms with Crippen molar-refractivity contribution in [1.29, 1.82) is 0 Å². The zero-order chi connectivity index (χ0) is 14.7. The van der Waals surface area contributed by atoms with Gasteiger partial charge >= 0.3 is 5.97 Å². The predicted octanol–water partition coefficient (Wildman–Crippen LogP) is 1.76. The van der Waals surface area contributed by atoms with E-state index in [4.69, 9.17) is 4.74 Å². The summed E-state index contributed by atoms with van der Waals surface area (Å²) >= 11 is 0. The number of aryl methyl sites for hydroxylation is 2. The summed E-state index contributed by atoms with van der Waals surface area (Å²) in [7, 11) is 0. The fraction of sp³-hybridized carbons (Fsp3) is 0.538. The molecule has 7 heteroatoms. The van der Waals surface area contributed by atoms with Crippen molar-refractivity contribution < 1.29 is 9.53 Å². The van der Waals surface area contributed by atoms with E-state index in [0.717, 1.165) is 0 Å². The molecule has 2 aromatic rings. The van der Waals surface area contributed by atoms with Gasteiger partial charge in [0.15, 0.2) is 11.2 Å². The second kappa shape index (κ2) is 5.85. The first-order valence-electron chi connectivity index (χ1n) is 6.78. The van der Waals surface area contributed by atoms with Gasteiger partial charge < -0.3 is 10.1 Å². The Kier molecular flexibility index (Phi) is 4.16. The molecule has 0 aliphatic rings. The topological polar surface area (TPSA) is 81.9 Å². The van der Waals surface area contributed by atoms with E-state index >= 15 is 0 Å². The summed E-state index contributed by atoms with van der Waals surface area (Å²) in [6.45, 7) is 9.16. The van der Waals surface area contributed by atoms with Crippen LogP contribution in [0.5, 0.6) is 0 Å². The quantitative estimate of drug-likeness (QED) is 0.839. The van der Waals surface area contributed by atoms with E-state index in [9.17, 15) is 4.79 Å². The average Bonchev–Trinajstić information content (AvgIpc) is 2.81. The number of anilines is 1. The van der Waals surface area contributed by atoms with Crippen molar-refractivity contribution in [3.8, 4) is 0 Å². The van der Waals surface area contributed by atoms with Crippen molar-refractivity contribution in [2.24, 2.45) is 0 Å². The number of nitrogens with zero attached hydrogens (tertiary/aromatic N) is 4. The van der Waals surface area contributed by atoms with Gasteiger partial charge in [0.05, 0.1) is 18.0 Å². The van der Waals surface area contributed by atoms with Gasteiger partial charge in [0.1, 0.15) is 5.56 Å². The summed E-state index contributed by atoms with van der Waals surface area (Å²) in [6, 6.07) is 0. The molecule has 2 rings (SSSR count). The first-order valence-corrected chi connectivity index (χ1v) is 6.78. The van der Waals surface area contributed by atoms with Crippen LogP contribution >= 0.6 is 0 Å². The van der Waals surface area contributed by atoms with E-state index < -0.39 is 0 Å². The van der Waals surface area contributed by atoms with Crippen molar-refractivity contribution in [1.82, 2.24) is 20.0 Å². The first-order chi connectivity index (χ1) is 9.63. The number of esters is 1. The smallest absolute Gasteiger partial charge is 0.342 e. The summed E-state index contributed by atoms with van der Waals surface area (Å²) < 4.78 is 6.81. The highest BCUT2D eigenvalue weighted by Crippen LogP contribution is 2.27. The standard InChI is InChI=1S/C13H19N5O2/c1-5-14-10-9(13(19)20-7-3)8(4)15-12-11(10)16-17-18(12)6-2/h5-7H2,1-4H3,(H,14,15). The number of hydrogen-bond acceptors (Lipinski definition) is 6. The van der Waals surface area contributed by atoms with Gasteiger partial charge in [-0.2, -0.15) is 0 Å². The molecule has 0 aromatic carbocycles. The third-order valence-electron chi connectivity index (χ3n) is 2.96. The van der Waals surface area contributed by atoms with Crippen LogP contribution in [0.2, 0.25) is 0 Å². The minimum Gasteiger partial charge on any atom is -0.462 e. The van der Waals surface area contributed by atoms with Gasteiger partial charge in [0.25, 0.3) is 0 Å². The highest BCUT2D eigenvalue weighted by Gasteiger charge is 2.22. The van der Waals surface area contributed by atoms with Crippen LogP contribution in [0.25, 0.3) is 11.2 Å². The summed E-state index contributed by atoms with van der Waals surface area (Å²) in [5.74, 6) is -0.388. The molecule has 0 radical (unpaired) electrons. The maximum absolute atomic E-state index is 12.1. The molecule has 2 aromatic heterocycles. The molecule has 0 saturated heterocycles. The van der Waals surface area contributed by atoms with Crippen molar-refractivity contribution in [3.05, 3.63) is 11.3 Å². The van der Waals surface area contributed by atoms with Crippen LogP contribution in [0, 0.1) is 6.92 Å². The summed E-state index contributed by atoms with van der Waals surface area (Å²) in [4.78, 5) is 16.6. The summed E-state index contributed by atoms with van der Waals surface area (Å²) in [5, 5.41) is 11.4. The van der Waals surface area contributed by atoms with Gasteiger partial charge in [-0.25, -0.2) is 14.5 Å². The molecule has 7 nitrogen and oxygen atoms in total. The Morgan fingerprint density at radius 2 is 2.10 bits per heavy atom. The fourth-order valence-electron chi connectivity index (χ4n) is 2.11. The number of carbonyl (C=O) groups excluding carboxylic acids is 1. The maximum atomic E-state index is 12.1. The number of ether oxygens (including phenoxy) is 1. The van der Waals surface area contributed by atoms with Crippen LogP contribution in [0.4, 0.5) is 5.69 Å². The van der Waals surface area contributed by atoms with Crippen LogP contribution in [0.3, 0.4) is 0 Å². The molecule has 20 heavy (non-hydrogen) atoms. The molecule has 0 spiro atoms. The van der Waals surface area contributed by atoms with Crippen LogP contribution in [-0.4, -0.2) is 39.1 Å². The Hall–Kier alpha value is -2.18. The van der Waals surface area contributed by atoms with E-state index in [1.54, 1.807) is 18.5 Å². The molecule has 0 amide bonds. The molecule has 0 atom stereocenters. The van der Waals surface area contributed by atoms with E-state index in [2.05, 4.69) is 20.6 Å². The molecular weight excluding hydrogens is 258 g/mol. The molecule has 0 aliphatic carbocycles. The third-order valence-corrected chi connectivity index (χ3v) is 2.96.